The van der Waals surface area contributed by atoms with Gasteiger partial charge in [-0.15, -0.1) is 0 Å². The molecule has 0 spiro atoms. The number of para-hydroxylation sites is 1. The van der Waals surface area contributed by atoms with Crippen LogP contribution in [0.2, 0.25) is 0 Å². The van der Waals surface area contributed by atoms with Crippen LogP contribution in [0.25, 0.3) is 0 Å². The maximum absolute atomic E-state index is 5.94. The number of nitrogens with one attached hydrogen (secondary N) is 1. The van der Waals surface area contributed by atoms with Gasteiger partial charge in [-0.1, -0.05) is 18.2 Å². The topological polar surface area (TPSA) is 24.5 Å². The number of rotatable bonds is 4. The fourth-order valence-electron chi connectivity index (χ4n) is 2.62. The van der Waals surface area contributed by atoms with Crippen LogP contribution in [0.15, 0.2) is 24.3 Å². The van der Waals surface area contributed by atoms with E-state index < -0.39 is 0 Å². The number of hydrogen-bond donors (Lipinski definition) is 1. The molecule has 17 heavy (non-hydrogen) atoms. The fourth-order valence-corrected chi connectivity index (χ4v) is 2.62. The highest BCUT2D eigenvalue weighted by atomic mass is 16.5. The molecule has 0 unspecified atom stereocenters. The number of anilines is 1. The molecule has 1 fully saturated rings. The molecule has 3 nitrogen and oxygen atoms in total. The minimum atomic E-state index is 0.0826. The predicted molar refractivity (Wildman–Crippen MR) is 69.6 cm³/mol. The molecule has 1 saturated heterocycles. The van der Waals surface area contributed by atoms with E-state index in [-0.39, 0.29) is 5.60 Å². The van der Waals surface area contributed by atoms with E-state index in [1.165, 1.54) is 17.7 Å². The molecule has 3 rings (SSSR count). The summed E-state index contributed by atoms with van der Waals surface area (Å²) in [7, 11) is 0. The van der Waals surface area contributed by atoms with E-state index in [9.17, 15) is 0 Å². The van der Waals surface area contributed by atoms with Crippen molar-refractivity contribution in [1.82, 2.24) is 5.32 Å². The third-order valence-corrected chi connectivity index (χ3v) is 3.79. The van der Waals surface area contributed by atoms with Gasteiger partial charge < -0.3 is 15.0 Å². The summed E-state index contributed by atoms with van der Waals surface area (Å²) in [5.74, 6) is 0. The molecule has 1 N–H and O–H groups in total. The van der Waals surface area contributed by atoms with Gasteiger partial charge in [0.2, 0.25) is 0 Å². The zero-order valence-corrected chi connectivity index (χ0v) is 10.4. The van der Waals surface area contributed by atoms with Gasteiger partial charge in [-0.2, -0.15) is 0 Å². The average Bonchev–Trinajstić information content (AvgIpc) is 2.71. The molecular formula is C14H20N2O. The number of ether oxygens (including phenoxy) is 1. The van der Waals surface area contributed by atoms with Gasteiger partial charge in [0.25, 0.3) is 0 Å². The van der Waals surface area contributed by atoms with Gasteiger partial charge >= 0.3 is 0 Å². The highest BCUT2D eigenvalue weighted by Crippen LogP contribution is 2.27. The van der Waals surface area contributed by atoms with Crippen molar-refractivity contribution in [1.29, 1.82) is 0 Å². The summed E-state index contributed by atoms with van der Waals surface area (Å²) in [6.07, 6.45) is 1.18. The molecule has 0 amide bonds. The molecule has 3 heteroatoms. The van der Waals surface area contributed by atoms with Gasteiger partial charge in [0.15, 0.2) is 0 Å². The smallest absolute Gasteiger partial charge is 0.0902 e. The van der Waals surface area contributed by atoms with Crippen LogP contribution in [-0.2, 0) is 11.2 Å². The molecule has 1 aromatic carbocycles. The lowest BCUT2D eigenvalue weighted by molar-refractivity contribution is -0.0632. The van der Waals surface area contributed by atoms with Crippen LogP contribution in [-0.4, -0.2) is 38.4 Å². The second-order valence-electron chi connectivity index (χ2n) is 5.27. The summed E-state index contributed by atoms with van der Waals surface area (Å²) in [5.41, 5.74) is 2.95. The minimum absolute atomic E-state index is 0.0826. The Morgan fingerprint density at radius 3 is 2.94 bits per heavy atom. The molecule has 2 aliphatic heterocycles. The zero-order valence-electron chi connectivity index (χ0n) is 10.4. The Kier molecular flexibility index (Phi) is 2.81. The first kappa shape index (κ1) is 11.1. The SMILES string of the molecule is CC1(OCCN2CCc3ccccc32)CNC1. The Labute approximate surface area is 103 Å². The molecule has 0 aromatic heterocycles. The lowest BCUT2D eigenvalue weighted by Crippen LogP contribution is -2.59. The van der Waals surface area contributed by atoms with Crippen LogP contribution in [0.5, 0.6) is 0 Å². The second kappa shape index (κ2) is 4.31. The Bertz CT molecular complexity index is 401. The van der Waals surface area contributed by atoms with Crippen molar-refractivity contribution in [3.8, 4) is 0 Å². The van der Waals surface area contributed by atoms with Gasteiger partial charge in [-0.25, -0.2) is 0 Å². The van der Waals surface area contributed by atoms with Gasteiger partial charge in [0.05, 0.1) is 12.2 Å². The largest absolute Gasteiger partial charge is 0.371 e. The lowest BCUT2D eigenvalue weighted by Gasteiger charge is -2.39. The maximum Gasteiger partial charge on any atom is 0.0902 e. The molecule has 0 atom stereocenters. The third-order valence-electron chi connectivity index (χ3n) is 3.79. The normalized spacial score (nSPS) is 21.1. The molecule has 0 bridgehead atoms. The Balaban J connectivity index is 1.53. The molecule has 0 aliphatic carbocycles. The first-order valence-electron chi connectivity index (χ1n) is 6.44. The van der Waals surface area contributed by atoms with Crippen LogP contribution in [0.1, 0.15) is 12.5 Å². The van der Waals surface area contributed by atoms with E-state index in [0.29, 0.717) is 0 Å². The van der Waals surface area contributed by atoms with E-state index in [0.717, 1.165) is 32.8 Å². The minimum Gasteiger partial charge on any atom is -0.371 e. The van der Waals surface area contributed by atoms with Gasteiger partial charge in [-0.3, -0.25) is 0 Å². The molecular weight excluding hydrogens is 212 g/mol. The Hall–Kier alpha value is -1.06. The van der Waals surface area contributed by atoms with Gasteiger partial charge in [-0.05, 0) is 25.0 Å². The molecule has 92 valence electrons. The second-order valence-corrected chi connectivity index (χ2v) is 5.27. The van der Waals surface area contributed by atoms with Crippen molar-refractivity contribution in [2.45, 2.75) is 18.9 Å². The van der Waals surface area contributed by atoms with E-state index in [1.54, 1.807) is 0 Å². The first-order chi connectivity index (χ1) is 8.27. The van der Waals surface area contributed by atoms with Crippen molar-refractivity contribution in [3.63, 3.8) is 0 Å². The third kappa shape index (κ3) is 2.17. The molecule has 0 radical (unpaired) electrons. The summed E-state index contributed by atoms with van der Waals surface area (Å²) in [6.45, 7) is 7.13. The van der Waals surface area contributed by atoms with E-state index >= 15 is 0 Å². The highest BCUT2D eigenvalue weighted by molar-refractivity contribution is 5.57. The van der Waals surface area contributed by atoms with E-state index in [4.69, 9.17) is 4.74 Å². The standard InChI is InChI=1S/C14H20N2O/c1-14(10-15-11-14)17-9-8-16-7-6-12-4-2-3-5-13(12)16/h2-5,15H,6-11H2,1H3. The van der Waals surface area contributed by atoms with E-state index in [1.807, 2.05) is 0 Å². The highest BCUT2D eigenvalue weighted by Gasteiger charge is 2.32. The van der Waals surface area contributed by atoms with Crippen LogP contribution in [0.3, 0.4) is 0 Å². The van der Waals surface area contributed by atoms with Crippen molar-refractivity contribution < 1.29 is 4.74 Å². The lowest BCUT2D eigenvalue weighted by atomic mass is 10.0. The van der Waals surface area contributed by atoms with Crippen LogP contribution in [0, 0.1) is 0 Å². The van der Waals surface area contributed by atoms with Gasteiger partial charge in [0.1, 0.15) is 0 Å². The van der Waals surface area contributed by atoms with Gasteiger partial charge in [0, 0.05) is 31.9 Å². The average molecular weight is 232 g/mol. The fraction of sp³-hybridized carbons (Fsp3) is 0.571. The van der Waals surface area contributed by atoms with Crippen molar-refractivity contribution in [2.75, 3.05) is 37.7 Å². The zero-order chi connectivity index (χ0) is 11.7. The molecule has 1 aromatic rings. The predicted octanol–water partition coefficient (Wildman–Crippen LogP) is 1.43. The summed E-state index contributed by atoms with van der Waals surface area (Å²) in [4.78, 5) is 2.44. The Morgan fingerprint density at radius 1 is 1.35 bits per heavy atom. The quantitative estimate of drug-likeness (QED) is 0.850. The maximum atomic E-state index is 5.94. The number of benzene rings is 1. The first-order valence-corrected chi connectivity index (χ1v) is 6.44. The van der Waals surface area contributed by atoms with Crippen molar-refractivity contribution in [2.24, 2.45) is 0 Å². The van der Waals surface area contributed by atoms with Crippen LogP contribution >= 0.6 is 0 Å². The van der Waals surface area contributed by atoms with Crippen molar-refractivity contribution in [3.05, 3.63) is 29.8 Å². The summed E-state index contributed by atoms with van der Waals surface area (Å²) in [5, 5.41) is 3.26. The van der Waals surface area contributed by atoms with E-state index in [2.05, 4.69) is 41.4 Å². The molecule has 2 aliphatic rings. The summed E-state index contributed by atoms with van der Waals surface area (Å²) in [6, 6.07) is 8.69. The summed E-state index contributed by atoms with van der Waals surface area (Å²) >= 11 is 0. The number of hydrogen-bond acceptors (Lipinski definition) is 3. The number of nitrogens with zero attached hydrogens (tertiary/aromatic N) is 1. The summed E-state index contributed by atoms with van der Waals surface area (Å²) < 4.78 is 5.94. The number of fused-ring (bicyclic) bond motifs is 1. The van der Waals surface area contributed by atoms with Crippen LogP contribution in [0.4, 0.5) is 5.69 Å². The monoisotopic (exact) mass is 232 g/mol. The molecule has 0 saturated carbocycles. The van der Waals surface area contributed by atoms with Crippen LogP contribution < -0.4 is 10.2 Å². The molecule has 2 heterocycles. The van der Waals surface area contributed by atoms with Crippen molar-refractivity contribution >= 4 is 5.69 Å². The Morgan fingerprint density at radius 2 is 2.18 bits per heavy atom.